The van der Waals surface area contributed by atoms with Gasteiger partial charge in [-0.2, -0.15) is 5.26 Å². The van der Waals surface area contributed by atoms with Gasteiger partial charge in [-0.1, -0.05) is 25.5 Å². The van der Waals surface area contributed by atoms with E-state index >= 15 is 0 Å². The van der Waals surface area contributed by atoms with Crippen LogP contribution in [-0.2, 0) is 11.2 Å². The van der Waals surface area contributed by atoms with Crippen LogP contribution < -0.4 is 5.32 Å². The average Bonchev–Trinajstić information content (AvgIpc) is 3.20. The summed E-state index contributed by atoms with van der Waals surface area (Å²) < 4.78 is 18.7. The van der Waals surface area contributed by atoms with Gasteiger partial charge in [0.05, 0.1) is 0 Å². The molecule has 0 aliphatic heterocycles. The Morgan fingerprint density at radius 3 is 2.48 bits per heavy atom. The minimum absolute atomic E-state index is 0.0694. The Morgan fingerprint density at radius 2 is 1.83 bits per heavy atom. The van der Waals surface area contributed by atoms with Gasteiger partial charge in [-0.05, 0) is 66.9 Å². The molecule has 0 saturated heterocycles. The molecule has 0 spiro atoms. The number of furan rings is 1. The summed E-state index contributed by atoms with van der Waals surface area (Å²) in [6, 6.07) is 18.8. The van der Waals surface area contributed by atoms with E-state index in [0.29, 0.717) is 22.8 Å². The number of anilines is 1. The molecule has 1 heterocycles. The van der Waals surface area contributed by atoms with Crippen molar-refractivity contribution in [1.82, 2.24) is 0 Å². The van der Waals surface area contributed by atoms with Crippen LogP contribution in [0.25, 0.3) is 17.4 Å². The van der Waals surface area contributed by atoms with Crippen molar-refractivity contribution in [2.45, 2.75) is 26.2 Å². The van der Waals surface area contributed by atoms with Gasteiger partial charge in [-0.3, -0.25) is 4.79 Å². The zero-order chi connectivity index (χ0) is 20.6. The summed E-state index contributed by atoms with van der Waals surface area (Å²) in [5.41, 5.74) is 2.48. The van der Waals surface area contributed by atoms with Crippen LogP contribution in [-0.4, -0.2) is 5.91 Å². The zero-order valence-electron chi connectivity index (χ0n) is 16.1. The number of nitriles is 1. The quantitative estimate of drug-likeness (QED) is 0.400. The van der Waals surface area contributed by atoms with Crippen LogP contribution in [0.3, 0.4) is 0 Å². The summed E-state index contributed by atoms with van der Waals surface area (Å²) in [4.78, 5) is 12.4. The lowest BCUT2D eigenvalue weighted by Gasteiger charge is -2.06. The molecular weight excluding hydrogens is 367 g/mol. The third-order valence-electron chi connectivity index (χ3n) is 4.44. The van der Waals surface area contributed by atoms with E-state index in [1.807, 2.05) is 30.3 Å². The summed E-state index contributed by atoms with van der Waals surface area (Å²) in [6.07, 6.45) is 4.64. The largest absolute Gasteiger partial charge is 0.457 e. The van der Waals surface area contributed by atoms with Crippen molar-refractivity contribution in [2.75, 3.05) is 5.32 Å². The molecule has 5 heteroatoms. The fourth-order valence-corrected chi connectivity index (χ4v) is 2.82. The number of benzene rings is 2. The summed E-state index contributed by atoms with van der Waals surface area (Å²) in [7, 11) is 0. The van der Waals surface area contributed by atoms with Crippen LogP contribution >= 0.6 is 0 Å². The Balaban J connectivity index is 1.70. The molecule has 3 rings (SSSR count). The minimum Gasteiger partial charge on any atom is -0.457 e. The Labute approximate surface area is 169 Å². The number of hydrogen-bond acceptors (Lipinski definition) is 3. The summed E-state index contributed by atoms with van der Waals surface area (Å²) in [6.45, 7) is 2.14. The maximum absolute atomic E-state index is 13.0. The SMILES string of the molecule is CCCCc1ccc(NC(=O)C(C#N)=Cc2ccc(-c3ccc(F)cc3)o2)cc1. The first kappa shape index (κ1) is 20.1. The predicted octanol–water partition coefficient (Wildman–Crippen LogP) is 5.97. The normalized spacial score (nSPS) is 11.1. The number of unbranched alkanes of at least 4 members (excludes halogenated alkanes) is 1. The first-order chi connectivity index (χ1) is 14.1. The number of carbonyl (C=O) groups is 1. The monoisotopic (exact) mass is 388 g/mol. The van der Waals surface area contributed by atoms with E-state index in [2.05, 4.69) is 12.2 Å². The number of nitrogens with zero attached hydrogens (tertiary/aromatic N) is 1. The summed E-state index contributed by atoms with van der Waals surface area (Å²) in [5.74, 6) is 0.0540. The van der Waals surface area contributed by atoms with Crippen LogP contribution in [0.15, 0.2) is 70.7 Å². The van der Waals surface area contributed by atoms with Crippen molar-refractivity contribution in [2.24, 2.45) is 0 Å². The molecule has 0 saturated carbocycles. The molecule has 0 radical (unpaired) electrons. The van der Waals surface area contributed by atoms with Gasteiger partial charge in [-0.15, -0.1) is 0 Å². The smallest absolute Gasteiger partial charge is 0.266 e. The Bertz CT molecular complexity index is 1040. The highest BCUT2D eigenvalue weighted by Gasteiger charge is 2.12. The summed E-state index contributed by atoms with van der Waals surface area (Å²) >= 11 is 0. The molecule has 3 aromatic rings. The fourth-order valence-electron chi connectivity index (χ4n) is 2.82. The molecule has 1 N–H and O–H groups in total. The van der Waals surface area contributed by atoms with E-state index in [9.17, 15) is 14.4 Å². The van der Waals surface area contributed by atoms with E-state index < -0.39 is 5.91 Å². The number of halogens is 1. The van der Waals surface area contributed by atoms with E-state index in [1.54, 1.807) is 24.3 Å². The van der Waals surface area contributed by atoms with Crippen LogP contribution in [0.5, 0.6) is 0 Å². The molecule has 0 aliphatic carbocycles. The first-order valence-electron chi connectivity index (χ1n) is 9.47. The Morgan fingerprint density at radius 1 is 1.10 bits per heavy atom. The lowest BCUT2D eigenvalue weighted by atomic mass is 10.1. The molecule has 1 amide bonds. The number of aryl methyl sites for hydroxylation is 1. The molecule has 0 bridgehead atoms. The van der Waals surface area contributed by atoms with Crippen LogP contribution in [0, 0.1) is 17.1 Å². The second-order valence-electron chi connectivity index (χ2n) is 6.63. The maximum atomic E-state index is 13.0. The molecule has 0 aliphatic rings. The van der Waals surface area contributed by atoms with Crippen molar-refractivity contribution in [3.05, 3.63) is 83.4 Å². The van der Waals surface area contributed by atoms with Gasteiger partial charge in [0, 0.05) is 17.3 Å². The van der Waals surface area contributed by atoms with E-state index in [0.717, 1.165) is 19.3 Å². The molecule has 2 aromatic carbocycles. The van der Waals surface area contributed by atoms with Crippen molar-refractivity contribution in [1.29, 1.82) is 5.26 Å². The highest BCUT2D eigenvalue weighted by molar-refractivity contribution is 6.09. The molecule has 0 unspecified atom stereocenters. The van der Waals surface area contributed by atoms with Crippen LogP contribution in [0.4, 0.5) is 10.1 Å². The lowest BCUT2D eigenvalue weighted by Crippen LogP contribution is -2.13. The van der Waals surface area contributed by atoms with Gasteiger partial charge in [-0.25, -0.2) is 4.39 Å². The standard InChI is InChI=1S/C24H21FN2O2/c1-2-3-4-17-5-11-21(12-6-17)27-24(28)19(16-26)15-22-13-14-23(29-22)18-7-9-20(25)10-8-18/h5-15H,2-4H2,1H3,(H,27,28). The summed E-state index contributed by atoms with van der Waals surface area (Å²) in [5, 5.41) is 12.1. The number of amides is 1. The zero-order valence-corrected chi connectivity index (χ0v) is 16.1. The maximum Gasteiger partial charge on any atom is 0.266 e. The van der Waals surface area contributed by atoms with Crippen molar-refractivity contribution in [3.63, 3.8) is 0 Å². The van der Waals surface area contributed by atoms with Gasteiger partial charge in [0.25, 0.3) is 5.91 Å². The van der Waals surface area contributed by atoms with Gasteiger partial charge >= 0.3 is 0 Å². The number of hydrogen-bond donors (Lipinski definition) is 1. The topological polar surface area (TPSA) is 66.0 Å². The third-order valence-corrected chi connectivity index (χ3v) is 4.44. The van der Waals surface area contributed by atoms with Crippen molar-refractivity contribution >= 4 is 17.7 Å². The second kappa shape index (κ2) is 9.52. The lowest BCUT2D eigenvalue weighted by molar-refractivity contribution is -0.112. The average molecular weight is 388 g/mol. The number of rotatable bonds is 7. The molecule has 1 aromatic heterocycles. The highest BCUT2D eigenvalue weighted by atomic mass is 19.1. The molecule has 146 valence electrons. The van der Waals surface area contributed by atoms with Crippen molar-refractivity contribution in [3.8, 4) is 17.4 Å². The predicted molar refractivity (Wildman–Crippen MR) is 111 cm³/mol. The first-order valence-corrected chi connectivity index (χ1v) is 9.47. The highest BCUT2D eigenvalue weighted by Crippen LogP contribution is 2.24. The van der Waals surface area contributed by atoms with Gasteiger partial charge in [0.15, 0.2) is 0 Å². The number of nitrogens with one attached hydrogen (secondary N) is 1. The Kier molecular flexibility index (Phi) is 6.59. The van der Waals surface area contributed by atoms with Gasteiger partial charge in [0.2, 0.25) is 0 Å². The van der Waals surface area contributed by atoms with Gasteiger partial charge in [0.1, 0.15) is 29.0 Å². The van der Waals surface area contributed by atoms with Crippen LogP contribution in [0.2, 0.25) is 0 Å². The Hall–Kier alpha value is -3.65. The second-order valence-corrected chi connectivity index (χ2v) is 6.63. The molecular formula is C24H21FN2O2. The molecule has 29 heavy (non-hydrogen) atoms. The molecule has 0 fully saturated rings. The van der Waals surface area contributed by atoms with E-state index in [4.69, 9.17) is 4.42 Å². The molecule has 0 atom stereocenters. The third kappa shape index (κ3) is 5.43. The van der Waals surface area contributed by atoms with Gasteiger partial charge < -0.3 is 9.73 Å². The van der Waals surface area contributed by atoms with E-state index in [-0.39, 0.29) is 11.4 Å². The minimum atomic E-state index is -0.506. The van der Waals surface area contributed by atoms with E-state index in [1.165, 1.54) is 23.8 Å². The van der Waals surface area contributed by atoms with Crippen molar-refractivity contribution < 1.29 is 13.6 Å². The van der Waals surface area contributed by atoms with Crippen LogP contribution in [0.1, 0.15) is 31.1 Å². The fraction of sp³-hybridized carbons (Fsp3) is 0.167. The molecule has 4 nitrogen and oxygen atoms in total. The number of carbonyl (C=O) groups excluding carboxylic acids is 1.